The van der Waals surface area contributed by atoms with Gasteiger partial charge in [0.05, 0.1) is 36.4 Å². The first-order valence-electron chi connectivity index (χ1n) is 11.3. The Labute approximate surface area is 192 Å². The molecule has 1 aliphatic carbocycles. The second kappa shape index (κ2) is 10.2. The predicted molar refractivity (Wildman–Crippen MR) is 126 cm³/mol. The molecular formula is C27H28FNO4. The Morgan fingerprint density at radius 2 is 1.91 bits per heavy atom. The Morgan fingerprint density at radius 1 is 1.18 bits per heavy atom. The van der Waals surface area contributed by atoms with Crippen molar-refractivity contribution in [2.24, 2.45) is 0 Å². The van der Waals surface area contributed by atoms with Crippen LogP contribution in [0.4, 0.5) is 4.39 Å². The second-order valence-electron chi connectivity index (χ2n) is 8.41. The van der Waals surface area contributed by atoms with Crippen molar-refractivity contribution in [3.63, 3.8) is 0 Å². The molecule has 5 nitrogen and oxygen atoms in total. The molecule has 0 bridgehead atoms. The van der Waals surface area contributed by atoms with E-state index in [1.165, 1.54) is 12.1 Å². The molecule has 1 heterocycles. The predicted octanol–water partition coefficient (Wildman–Crippen LogP) is 5.00. The summed E-state index contributed by atoms with van der Waals surface area (Å²) in [5, 5.41) is 21.6. The molecule has 0 radical (unpaired) electrons. The van der Waals surface area contributed by atoms with Crippen LogP contribution < -0.4 is 0 Å². The van der Waals surface area contributed by atoms with Gasteiger partial charge in [0.15, 0.2) is 0 Å². The lowest BCUT2D eigenvalue weighted by Crippen LogP contribution is -2.20. The number of hydrogen-bond acceptors (Lipinski definition) is 5. The van der Waals surface area contributed by atoms with E-state index in [1.807, 2.05) is 30.3 Å². The van der Waals surface area contributed by atoms with Crippen LogP contribution in [-0.2, 0) is 9.53 Å². The fourth-order valence-electron chi connectivity index (χ4n) is 4.07. The number of aromatic nitrogens is 1. The molecule has 0 aliphatic heterocycles. The number of rotatable bonds is 9. The molecule has 3 aromatic rings. The van der Waals surface area contributed by atoms with Crippen LogP contribution >= 0.6 is 0 Å². The van der Waals surface area contributed by atoms with Gasteiger partial charge in [-0.15, -0.1) is 0 Å². The van der Waals surface area contributed by atoms with E-state index in [-0.39, 0.29) is 25.3 Å². The van der Waals surface area contributed by atoms with Crippen molar-refractivity contribution in [2.75, 3.05) is 6.61 Å². The van der Waals surface area contributed by atoms with Crippen molar-refractivity contribution >= 4 is 22.9 Å². The van der Waals surface area contributed by atoms with E-state index in [2.05, 4.69) is 0 Å². The Balaban J connectivity index is 1.70. The molecule has 0 unspecified atom stereocenters. The topological polar surface area (TPSA) is 79.7 Å². The average Bonchev–Trinajstić information content (AvgIpc) is 3.63. The molecule has 4 rings (SSSR count). The molecule has 172 valence electrons. The standard InChI is InChI=1S/C27H28FNO4/c1-2-33-25(32)16-21(31)15-20(30)13-14-23-26(17-9-11-19(28)12-10-17)22-5-3-4-6-24(22)29-27(23)18-7-8-18/h3-6,9-14,18,20-21,30-31H,2,7-8,15-16H2,1H3/b14-13+/t20-,21+/m1/s1. The van der Waals surface area contributed by atoms with Crippen LogP contribution in [0.5, 0.6) is 0 Å². The van der Waals surface area contributed by atoms with Gasteiger partial charge >= 0.3 is 5.97 Å². The first kappa shape index (κ1) is 23.1. The van der Waals surface area contributed by atoms with Crippen molar-refractivity contribution in [1.29, 1.82) is 0 Å². The number of halogens is 1. The minimum Gasteiger partial charge on any atom is -0.466 e. The molecule has 1 aromatic heterocycles. The molecule has 0 spiro atoms. The van der Waals surface area contributed by atoms with E-state index < -0.39 is 18.2 Å². The average molecular weight is 450 g/mol. The Bertz CT molecular complexity index is 1150. The largest absolute Gasteiger partial charge is 0.466 e. The highest BCUT2D eigenvalue weighted by molar-refractivity contribution is 5.99. The Kier molecular flexibility index (Phi) is 7.16. The zero-order valence-electron chi connectivity index (χ0n) is 18.6. The third kappa shape index (κ3) is 5.64. The first-order chi connectivity index (χ1) is 16.0. The summed E-state index contributed by atoms with van der Waals surface area (Å²) >= 11 is 0. The molecule has 6 heteroatoms. The van der Waals surface area contributed by atoms with Crippen molar-refractivity contribution < 1.29 is 24.1 Å². The highest BCUT2D eigenvalue weighted by atomic mass is 19.1. The number of carbonyl (C=O) groups excluding carboxylic acids is 1. The highest BCUT2D eigenvalue weighted by Gasteiger charge is 2.29. The Morgan fingerprint density at radius 3 is 2.61 bits per heavy atom. The number of hydrogen-bond donors (Lipinski definition) is 2. The van der Waals surface area contributed by atoms with Crippen molar-refractivity contribution in [3.05, 3.63) is 71.7 Å². The molecule has 2 atom stereocenters. The van der Waals surface area contributed by atoms with E-state index in [9.17, 15) is 19.4 Å². The number of benzene rings is 2. The number of para-hydroxylation sites is 1. The van der Waals surface area contributed by atoms with E-state index in [0.717, 1.165) is 46.1 Å². The van der Waals surface area contributed by atoms with Crippen molar-refractivity contribution in [3.8, 4) is 11.1 Å². The van der Waals surface area contributed by atoms with Gasteiger partial charge in [-0.05, 0) is 43.5 Å². The maximum absolute atomic E-state index is 13.6. The zero-order chi connectivity index (χ0) is 23.4. The molecule has 2 N–H and O–H groups in total. The van der Waals surface area contributed by atoms with Crippen LogP contribution in [0.1, 0.15) is 49.8 Å². The fraction of sp³-hybridized carbons (Fsp3) is 0.333. The highest BCUT2D eigenvalue weighted by Crippen LogP contribution is 2.45. The molecule has 1 fully saturated rings. The second-order valence-corrected chi connectivity index (χ2v) is 8.41. The lowest BCUT2D eigenvalue weighted by molar-refractivity contribution is -0.145. The molecule has 0 amide bonds. The van der Waals surface area contributed by atoms with Gasteiger partial charge in [0, 0.05) is 28.9 Å². The summed E-state index contributed by atoms with van der Waals surface area (Å²) in [5.41, 5.74) is 4.54. The number of aliphatic hydroxyl groups is 2. The molecule has 33 heavy (non-hydrogen) atoms. The normalized spacial score (nSPS) is 15.6. The Hall–Kier alpha value is -3.09. The van der Waals surface area contributed by atoms with Gasteiger partial charge in [-0.1, -0.05) is 42.5 Å². The van der Waals surface area contributed by atoms with Crippen molar-refractivity contribution in [2.45, 2.75) is 50.7 Å². The van der Waals surface area contributed by atoms with Gasteiger partial charge in [-0.25, -0.2) is 4.39 Å². The number of esters is 1. The molecule has 0 saturated heterocycles. The molecule has 2 aromatic carbocycles. The number of nitrogens with zero attached hydrogens (tertiary/aromatic N) is 1. The third-order valence-electron chi connectivity index (χ3n) is 5.76. The number of carbonyl (C=O) groups is 1. The van der Waals surface area contributed by atoms with Crippen molar-refractivity contribution in [1.82, 2.24) is 4.98 Å². The molecule has 1 aliphatic rings. The number of aliphatic hydroxyl groups excluding tert-OH is 2. The summed E-state index contributed by atoms with van der Waals surface area (Å²) in [6, 6.07) is 14.3. The first-order valence-corrected chi connectivity index (χ1v) is 11.3. The lowest BCUT2D eigenvalue weighted by Gasteiger charge is -2.16. The van der Waals surface area contributed by atoms with E-state index >= 15 is 0 Å². The summed E-state index contributed by atoms with van der Waals surface area (Å²) in [7, 11) is 0. The number of pyridine rings is 1. The molecular weight excluding hydrogens is 421 g/mol. The maximum Gasteiger partial charge on any atom is 0.308 e. The smallest absolute Gasteiger partial charge is 0.308 e. The summed E-state index contributed by atoms with van der Waals surface area (Å²) < 4.78 is 18.5. The summed E-state index contributed by atoms with van der Waals surface area (Å²) in [6.07, 6.45) is 3.47. The van der Waals surface area contributed by atoms with Crippen LogP contribution in [0.25, 0.3) is 28.1 Å². The quantitative estimate of drug-likeness (QED) is 0.450. The van der Waals surface area contributed by atoms with E-state index in [1.54, 1.807) is 25.1 Å². The van der Waals surface area contributed by atoms with Crippen LogP contribution in [0.15, 0.2) is 54.6 Å². The number of ether oxygens (including phenoxy) is 1. The van der Waals surface area contributed by atoms with E-state index in [0.29, 0.717) is 5.92 Å². The maximum atomic E-state index is 13.6. The van der Waals surface area contributed by atoms with Gasteiger partial charge in [0.25, 0.3) is 0 Å². The van der Waals surface area contributed by atoms with Gasteiger partial charge < -0.3 is 14.9 Å². The summed E-state index contributed by atoms with van der Waals surface area (Å²) in [5.74, 6) is -0.447. The van der Waals surface area contributed by atoms with Crippen LogP contribution in [0, 0.1) is 5.82 Å². The van der Waals surface area contributed by atoms with Gasteiger partial charge in [0.1, 0.15) is 5.82 Å². The van der Waals surface area contributed by atoms with Gasteiger partial charge in [-0.3, -0.25) is 9.78 Å². The van der Waals surface area contributed by atoms with Crippen LogP contribution in [0.3, 0.4) is 0 Å². The fourth-order valence-corrected chi connectivity index (χ4v) is 4.07. The van der Waals surface area contributed by atoms with Crippen LogP contribution in [0.2, 0.25) is 0 Å². The lowest BCUT2D eigenvalue weighted by atomic mass is 9.92. The minimum absolute atomic E-state index is 0.0148. The van der Waals surface area contributed by atoms with Gasteiger partial charge in [-0.2, -0.15) is 0 Å². The summed E-state index contributed by atoms with van der Waals surface area (Å²) in [4.78, 5) is 16.5. The van der Waals surface area contributed by atoms with Crippen LogP contribution in [-0.4, -0.2) is 40.0 Å². The third-order valence-corrected chi connectivity index (χ3v) is 5.76. The summed E-state index contributed by atoms with van der Waals surface area (Å²) in [6.45, 7) is 1.95. The number of fused-ring (bicyclic) bond motifs is 1. The monoisotopic (exact) mass is 449 g/mol. The minimum atomic E-state index is -1.00. The zero-order valence-corrected chi connectivity index (χ0v) is 18.6. The van der Waals surface area contributed by atoms with E-state index in [4.69, 9.17) is 9.72 Å². The van der Waals surface area contributed by atoms with Gasteiger partial charge in [0.2, 0.25) is 0 Å². The SMILES string of the molecule is CCOC(=O)C[C@@H](O)C[C@H](O)/C=C/c1c(C2CC2)nc2ccccc2c1-c1ccc(F)cc1. The molecule has 1 saturated carbocycles.